The molecular formula is C15H17FN2O. The molecule has 0 bridgehead atoms. The fourth-order valence-corrected chi connectivity index (χ4v) is 1.83. The maximum absolute atomic E-state index is 13.1. The lowest BCUT2D eigenvalue weighted by Gasteiger charge is -2.09. The molecule has 0 spiro atoms. The Morgan fingerprint density at radius 1 is 1.26 bits per heavy atom. The van der Waals surface area contributed by atoms with Crippen molar-refractivity contribution in [3.63, 3.8) is 0 Å². The monoisotopic (exact) mass is 260 g/mol. The van der Waals surface area contributed by atoms with Gasteiger partial charge in [0.25, 0.3) is 0 Å². The van der Waals surface area contributed by atoms with Gasteiger partial charge in [-0.15, -0.1) is 0 Å². The van der Waals surface area contributed by atoms with Gasteiger partial charge in [0.2, 0.25) is 5.88 Å². The highest BCUT2D eigenvalue weighted by molar-refractivity contribution is 5.31. The molecule has 0 aliphatic heterocycles. The van der Waals surface area contributed by atoms with Gasteiger partial charge in [0.15, 0.2) is 0 Å². The van der Waals surface area contributed by atoms with Gasteiger partial charge >= 0.3 is 0 Å². The summed E-state index contributed by atoms with van der Waals surface area (Å²) in [5, 5.41) is 0. The predicted octanol–water partition coefficient (Wildman–Crippen LogP) is 3.42. The van der Waals surface area contributed by atoms with Crippen molar-refractivity contribution in [3.05, 3.63) is 53.5 Å². The molecule has 4 heteroatoms. The Bertz CT molecular complexity index is 558. The molecule has 1 heterocycles. The highest BCUT2D eigenvalue weighted by Crippen LogP contribution is 2.22. The second kappa shape index (κ2) is 6.29. The molecule has 0 saturated carbocycles. The number of hydrogen-bond donors (Lipinski definition) is 1. The molecule has 1 aromatic heterocycles. The SMILES string of the molecule is CCCc1cc(CN)cc(Oc2cccc(F)c2)n1. The van der Waals surface area contributed by atoms with Gasteiger partial charge in [-0.1, -0.05) is 19.4 Å². The fourth-order valence-electron chi connectivity index (χ4n) is 1.83. The van der Waals surface area contributed by atoms with E-state index in [0.717, 1.165) is 24.1 Å². The molecule has 2 N–H and O–H groups in total. The highest BCUT2D eigenvalue weighted by Gasteiger charge is 2.05. The summed E-state index contributed by atoms with van der Waals surface area (Å²) in [6, 6.07) is 9.76. The summed E-state index contributed by atoms with van der Waals surface area (Å²) in [5.74, 6) is 0.558. The third-order valence-electron chi connectivity index (χ3n) is 2.68. The highest BCUT2D eigenvalue weighted by atomic mass is 19.1. The summed E-state index contributed by atoms with van der Waals surface area (Å²) in [6.07, 6.45) is 1.87. The number of aryl methyl sites for hydroxylation is 1. The maximum Gasteiger partial charge on any atom is 0.219 e. The van der Waals surface area contributed by atoms with Crippen LogP contribution in [0.1, 0.15) is 24.6 Å². The number of hydrogen-bond acceptors (Lipinski definition) is 3. The van der Waals surface area contributed by atoms with E-state index in [0.29, 0.717) is 18.2 Å². The molecule has 0 radical (unpaired) electrons. The lowest BCUT2D eigenvalue weighted by atomic mass is 10.1. The van der Waals surface area contributed by atoms with Crippen molar-refractivity contribution >= 4 is 0 Å². The number of ether oxygens (including phenoxy) is 1. The molecule has 0 aliphatic rings. The first-order chi connectivity index (χ1) is 9.21. The largest absolute Gasteiger partial charge is 0.439 e. The van der Waals surface area contributed by atoms with E-state index in [1.807, 2.05) is 6.07 Å². The Morgan fingerprint density at radius 2 is 2.11 bits per heavy atom. The van der Waals surface area contributed by atoms with Crippen LogP contribution >= 0.6 is 0 Å². The van der Waals surface area contributed by atoms with Crippen molar-refractivity contribution in [3.8, 4) is 11.6 Å². The molecule has 100 valence electrons. The van der Waals surface area contributed by atoms with Crippen LogP contribution in [-0.4, -0.2) is 4.98 Å². The second-order valence-corrected chi connectivity index (χ2v) is 4.32. The van der Waals surface area contributed by atoms with Gasteiger partial charge in [-0.05, 0) is 30.2 Å². The smallest absolute Gasteiger partial charge is 0.219 e. The van der Waals surface area contributed by atoms with Gasteiger partial charge in [-0.25, -0.2) is 9.37 Å². The van der Waals surface area contributed by atoms with Crippen molar-refractivity contribution in [2.45, 2.75) is 26.3 Å². The molecule has 0 fully saturated rings. The van der Waals surface area contributed by atoms with Crippen LogP contribution < -0.4 is 10.5 Å². The van der Waals surface area contributed by atoms with E-state index in [4.69, 9.17) is 10.5 Å². The zero-order chi connectivity index (χ0) is 13.7. The molecule has 1 aromatic carbocycles. The minimum absolute atomic E-state index is 0.332. The van der Waals surface area contributed by atoms with Crippen LogP contribution in [0.15, 0.2) is 36.4 Å². The molecule has 2 aromatic rings. The number of halogens is 1. The van der Waals surface area contributed by atoms with Crippen LogP contribution in [0.3, 0.4) is 0 Å². The average molecular weight is 260 g/mol. The Morgan fingerprint density at radius 3 is 2.79 bits per heavy atom. The molecule has 0 unspecified atom stereocenters. The van der Waals surface area contributed by atoms with E-state index >= 15 is 0 Å². The third-order valence-corrected chi connectivity index (χ3v) is 2.68. The average Bonchev–Trinajstić information content (AvgIpc) is 2.39. The topological polar surface area (TPSA) is 48.1 Å². The Labute approximate surface area is 112 Å². The van der Waals surface area contributed by atoms with E-state index in [9.17, 15) is 4.39 Å². The number of aromatic nitrogens is 1. The van der Waals surface area contributed by atoms with E-state index < -0.39 is 0 Å². The van der Waals surface area contributed by atoms with E-state index in [1.54, 1.807) is 18.2 Å². The summed E-state index contributed by atoms with van der Waals surface area (Å²) in [5.41, 5.74) is 7.56. The van der Waals surface area contributed by atoms with Crippen molar-refractivity contribution < 1.29 is 9.13 Å². The Kier molecular flexibility index (Phi) is 4.47. The van der Waals surface area contributed by atoms with Crippen molar-refractivity contribution in [2.24, 2.45) is 5.73 Å². The summed E-state index contributed by atoms with van der Waals surface area (Å²) in [7, 11) is 0. The zero-order valence-electron chi connectivity index (χ0n) is 10.9. The van der Waals surface area contributed by atoms with Crippen LogP contribution in [0, 0.1) is 5.82 Å². The number of rotatable bonds is 5. The summed E-state index contributed by atoms with van der Waals surface area (Å²) < 4.78 is 18.7. The van der Waals surface area contributed by atoms with Crippen LogP contribution in [0.2, 0.25) is 0 Å². The second-order valence-electron chi connectivity index (χ2n) is 4.32. The normalized spacial score (nSPS) is 10.5. The molecule has 0 atom stereocenters. The molecule has 0 aliphatic carbocycles. The van der Waals surface area contributed by atoms with E-state index in [2.05, 4.69) is 11.9 Å². The molecule has 3 nitrogen and oxygen atoms in total. The minimum Gasteiger partial charge on any atom is -0.439 e. The quantitative estimate of drug-likeness (QED) is 0.896. The summed E-state index contributed by atoms with van der Waals surface area (Å²) >= 11 is 0. The van der Waals surface area contributed by atoms with Gasteiger partial charge in [-0.3, -0.25) is 0 Å². The molecule has 19 heavy (non-hydrogen) atoms. The standard InChI is InChI=1S/C15H17FN2O/c1-2-4-13-7-11(10-17)8-15(18-13)19-14-6-3-5-12(16)9-14/h3,5-9H,2,4,10,17H2,1H3. The molecule has 0 amide bonds. The molecular weight excluding hydrogens is 243 g/mol. The lowest BCUT2D eigenvalue weighted by molar-refractivity contribution is 0.455. The van der Waals surface area contributed by atoms with Crippen molar-refractivity contribution in [1.82, 2.24) is 4.98 Å². The zero-order valence-corrected chi connectivity index (χ0v) is 10.9. The van der Waals surface area contributed by atoms with Gasteiger partial charge in [-0.2, -0.15) is 0 Å². The van der Waals surface area contributed by atoms with Gasteiger partial charge in [0.1, 0.15) is 11.6 Å². The number of pyridine rings is 1. The third kappa shape index (κ3) is 3.76. The number of nitrogens with zero attached hydrogens (tertiary/aromatic N) is 1. The van der Waals surface area contributed by atoms with Crippen LogP contribution in [0.4, 0.5) is 4.39 Å². The van der Waals surface area contributed by atoms with Crippen LogP contribution in [0.25, 0.3) is 0 Å². The van der Waals surface area contributed by atoms with E-state index in [1.165, 1.54) is 12.1 Å². The van der Waals surface area contributed by atoms with Gasteiger partial charge in [0.05, 0.1) is 0 Å². The van der Waals surface area contributed by atoms with Gasteiger partial charge < -0.3 is 10.5 Å². The summed E-state index contributed by atoms with van der Waals surface area (Å²) in [6.45, 7) is 2.52. The predicted molar refractivity (Wildman–Crippen MR) is 72.6 cm³/mol. The minimum atomic E-state index is -0.332. The number of nitrogens with two attached hydrogens (primary N) is 1. The van der Waals surface area contributed by atoms with Gasteiger partial charge in [0, 0.05) is 24.4 Å². The lowest BCUT2D eigenvalue weighted by Crippen LogP contribution is -2.01. The first-order valence-electron chi connectivity index (χ1n) is 6.34. The molecule has 0 saturated heterocycles. The van der Waals surface area contributed by atoms with Crippen molar-refractivity contribution in [2.75, 3.05) is 0 Å². The molecule has 2 rings (SSSR count). The Hall–Kier alpha value is -1.94. The first kappa shape index (κ1) is 13.5. The Balaban J connectivity index is 2.26. The van der Waals surface area contributed by atoms with Crippen LogP contribution in [0.5, 0.6) is 11.6 Å². The fraction of sp³-hybridized carbons (Fsp3) is 0.267. The van der Waals surface area contributed by atoms with Crippen LogP contribution in [-0.2, 0) is 13.0 Å². The summed E-state index contributed by atoms with van der Waals surface area (Å²) in [4.78, 5) is 4.40. The van der Waals surface area contributed by atoms with Crippen molar-refractivity contribution in [1.29, 1.82) is 0 Å². The van der Waals surface area contributed by atoms with E-state index in [-0.39, 0.29) is 5.82 Å². The number of benzene rings is 1. The first-order valence-corrected chi connectivity index (χ1v) is 6.34. The maximum atomic E-state index is 13.1.